The minimum Gasteiger partial charge on any atom is -0.466 e. The second-order valence-electron chi connectivity index (χ2n) is 10.2. The molecule has 0 amide bonds. The zero-order valence-electron chi connectivity index (χ0n) is 23.2. The first-order chi connectivity index (χ1) is 17.6. The number of rotatable bonds is 24. The van der Waals surface area contributed by atoms with Crippen molar-refractivity contribution in [1.29, 1.82) is 0 Å². The van der Waals surface area contributed by atoms with Gasteiger partial charge in [0.25, 0.3) is 0 Å². The highest BCUT2D eigenvalue weighted by Crippen LogP contribution is 2.12. The summed E-state index contributed by atoms with van der Waals surface area (Å²) in [5, 5.41) is 3.53. The second kappa shape index (κ2) is 23.5. The summed E-state index contributed by atoms with van der Waals surface area (Å²) in [7, 11) is 0. The molecule has 0 aliphatic carbocycles. The topological polar surface area (TPSA) is 64.6 Å². The van der Waals surface area contributed by atoms with Crippen molar-refractivity contribution in [2.75, 3.05) is 26.3 Å². The van der Waals surface area contributed by atoms with Gasteiger partial charge in [0.1, 0.15) is 0 Å². The van der Waals surface area contributed by atoms with Crippen molar-refractivity contribution in [2.24, 2.45) is 5.92 Å². The molecule has 36 heavy (non-hydrogen) atoms. The van der Waals surface area contributed by atoms with Crippen LogP contribution in [0.4, 0.5) is 0 Å². The van der Waals surface area contributed by atoms with E-state index in [1.807, 2.05) is 6.07 Å². The molecule has 1 rings (SSSR count). The predicted molar refractivity (Wildman–Crippen MR) is 149 cm³/mol. The molecule has 5 nitrogen and oxygen atoms in total. The van der Waals surface area contributed by atoms with Crippen LogP contribution in [0.3, 0.4) is 0 Å². The highest BCUT2D eigenvalue weighted by molar-refractivity contribution is 5.69. The van der Waals surface area contributed by atoms with Crippen molar-refractivity contribution in [2.45, 2.75) is 117 Å². The molecular formula is C31H53NO4. The maximum Gasteiger partial charge on any atom is 0.305 e. The van der Waals surface area contributed by atoms with E-state index in [1.54, 1.807) is 0 Å². The Morgan fingerprint density at radius 3 is 1.83 bits per heavy atom. The first kappa shape index (κ1) is 32.1. The number of unbranched alkanes of at least 4 members (excludes halogenated alkanes) is 9. The standard InChI is InChI=1S/C31H53NO4/c1-3-4-25-35-30(33)20-14-7-5-9-16-23-32-24-17-10-6-8-15-21-31(34)36-26-22-28(2)27-29-18-12-11-13-19-29/h11-13,18-19,28,32H,3-10,14-17,20-27H2,1-2H3. The maximum absolute atomic E-state index is 11.9. The van der Waals surface area contributed by atoms with Gasteiger partial charge < -0.3 is 14.8 Å². The maximum atomic E-state index is 11.9. The van der Waals surface area contributed by atoms with Crippen molar-refractivity contribution < 1.29 is 19.1 Å². The van der Waals surface area contributed by atoms with Crippen molar-refractivity contribution in [1.82, 2.24) is 5.32 Å². The van der Waals surface area contributed by atoms with Crippen LogP contribution in [0.25, 0.3) is 0 Å². The first-order valence-corrected chi connectivity index (χ1v) is 14.7. The summed E-state index contributed by atoms with van der Waals surface area (Å²) in [6.07, 6.45) is 16.4. The van der Waals surface area contributed by atoms with Crippen LogP contribution in [-0.4, -0.2) is 38.2 Å². The lowest BCUT2D eigenvalue weighted by atomic mass is 9.99. The van der Waals surface area contributed by atoms with Crippen LogP contribution < -0.4 is 5.32 Å². The molecule has 1 unspecified atom stereocenters. The Kier molecular flexibility index (Phi) is 21.0. The van der Waals surface area contributed by atoms with Crippen molar-refractivity contribution in [3.63, 3.8) is 0 Å². The predicted octanol–water partition coefficient (Wildman–Crippen LogP) is 7.41. The number of nitrogens with one attached hydrogen (secondary N) is 1. The molecule has 0 aliphatic rings. The third kappa shape index (κ3) is 20.3. The molecule has 0 aliphatic heterocycles. The van der Waals surface area contributed by atoms with Crippen molar-refractivity contribution in [3.8, 4) is 0 Å². The van der Waals surface area contributed by atoms with Gasteiger partial charge in [-0.05, 0) is 69.5 Å². The smallest absolute Gasteiger partial charge is 0.305 e. The summed E-state index contributed by atoms with van der Waals surface area (Å²) >= 11 is 0. The molecule has 5 heteroatoms. The van der Waals surface area contributed by atoms with Crippen molar-refractivity contribution >= 4 is 11.9 Å². The van der Waals surface area contributed by atoms with Crippen LogP contribution in [0, 0.1) is 5.92 Å². The van der Waals surface area contributed by atoms with Crippen LogP contribution in [0.15, 0.2) is 30.3 Å². The van der Waals surface area contributed by atoms with Gasteiger partial charge in [0.15, 0.2) is 0 Å². The van der Waals surface area contributed by atoms with Gasteiger partial charge in [-0.15, -0.1) is 0 Å². The molecule has 0 radical (unpaired) electrons. The number of ether oxygens (including phenoxy) is 2. The van der Waals surface area contributed by atoms with Gasteiger partial charge in [-0.3, -0.25) is 9.59 Å². The van der Waals surface area contributed by atoms with E-state index < -0.39 is 0 Å². The Morgan fingerprint density at radius 1 is 0.722 bits per heavy atom. The fourth-order valence-electron chi connectivity index (χ4n) is 4.19. The summed E-state index contributed by atoms with van der Waals surface area (Å²) in [6, 6.07) is 10.5. The first-order valence-electron chi connectivity index (χ1n) is 14.7. The molecule has 206 valence electrons. The third-order valence-electron chi connectivity index (χ3n) is 6.53. The Morgan fingerprint density at radius 2 is 1.25 bits per heavy atom. The van der Waals surface area contributed by atoms with Crippen molar-refractivity contribution in [3.05, 3.63) is 35.9 Å². The Labute approximate surface area is 221 Å². The lowest BCUT2D eigenvalue weighted by molar-refractivity contribution is -0.144. The van der Waals surface area contributed by atoms with E-state index in [0.717, 1.165) is 64.5 Å². The average Bonchev–Trinajstić information content (AvgIpc) is 2.87. The molecule has 1 atom stereocenters. The molecule has 0 aromatic heterocycles. The Balaban J connectivity index is 1.78. The van der Waals surface area contributed by atoms with Gasteiger partial charge in [-0.1, -0.05) is 89.1 Å². The highest BCUT2D eigenvalue weighted by Gasteiger charge is 2.07. The summed E-state index contributed by atoms with van der Waals surface area (Å²) in [5.41, 5.74) is 1.34. The SMILES string of the molecule is CCCCOC(=O)CCCCCCCNCCCCCCCC(=O)OCCC(C)Cc1ccccc1. The molecule has 0 saturated carbocycles. The van der Waals surface area contributed by atoms with Gasteiger partial charge in [-0.2, -0.15) is 0 Å². The lowest BCUT2D eigenvalue weighted by Crippen LogP contribution is -2.16. The number of hydrogen-bond acceptors (Lipinski definition) is 5. The molecule has 0 spiro atoms. The molecule has 1 aromatic carbocycles. The fraction of sp³-hybridized carbons (Fsp3) is 0.742. The van der Waals surface area contributed by atoms with Crippen LogP contribution in [-0.2, 0) is 25.5 Å². The average molecular weight is 504 g/mol. The minimum absolute atomic E-state index is 0.0372. The van der Waals surface area contributed by atoms with E-state index >= 15 is 0 Å². The second-order valence-corrected chi connectivity index (χ2v) is 10.2. The van der Waals surface area contributed by atoms with E-state index in [9.17, 15) is 9.59 Å². The zero-order valence-corrected chi connectivity index (χ0v) is 23.2. The molecular weight excluding hydrogens is 450 g/mol. The number of carbonyl (C=O) groups is 2. The molecule has 1 aromatic rings. The molecule has 0 heterocycles. The largest absolute Gasteiger partial charge is 0.466 e. The number of hydrogen-bond donors (Lipinski definition) is 1. The molecule has 1 N–H and O–H groups in total. The van der Waals surface area contributed by atoms with E-state index in [1.165, 1.54) is 44.1 Å². The molecule has 0 bridgehead atoms. The zero-order chi connectivity index (χ0) is 26.1. The van der Waals surface area contributed by atoms with Gasteiger partial charge in [0.2, 0.25) is 0 Å². The minimum atomic E-state index is -0.0458. The summed E-state index contributed by atoms with van der Waals surface area (Å²) in [4.78, 5) is 23.4. The Hall–Kier alpha value is -1.88. The van der Waals surface area contributed by atoms with Crippen LogP contribution in [0.2, 0.25) is 0 Å². The van der Waals surface area contributed by atoms with Gasteiger partial charge in [0, 0.05) is 12.8 Å². The number of esters is 2. The number of carbonyl (C=O) groups excluding carboxylic acids is 2. The van der Waals surface area contributed by atoms with E-state index in [4.69, 9.17) is 9.47 Å². The van der Waals surface area contributed by atoms with E-state index in [-0.39, 0.29) is 11.9 Å². The normalized spacial score (nSPS) is 11.8. The van der Waals surface area contributed by atoms with Gasteiger partial charge in [0.05, 0.1) is 13.2 Å². The third-order valence-corrected chi connectivity index (χ3v) is 6.53. The quantitative estimate of drug-likeness (QED) is 0.117. The summed E-state index contributed by atoms with van der Waals surface area (Å²) < 4.78 is 10.6. The Bertz CT molecular complexity index is 649. The van der Waals surface area contributed by atoms with Crippen LogP contribution >= 0.6 is 0 Å². The van der Waals surface area contributed by atoms with E-state index in [0.29, 0.717) is 32.0 Å². The fourth-order valence-corrected chi connectivity index (χ4v) is 4.19. The summed E-state index contributed by atoms with van der Waals surface area (Å²) in [5.74, 6) is 0.437. The van der Waals surface area contributed by atoms with E-state index in [2.05, 4.69) is 43.4 Å². The van der Waals surface area contributed by atoms with Crippen LogP contribution in [0.1, 0.15) is 116 Å². The number of benzene rings is 1. The van der Waals surface area contributed by atoms with Gasteiger partial charge in [-0.25, -0.2) is 0 Å². The van der Waals surface area contributed by atoms with Gasteiger partial charge >= 0.3 is 11.9 Å². The molecule has 0 saturated heterocycles. The summed E-state index contributed by atoms with van der Waals surface area (Å²) in [6.45, 7) is 7.58. The molecule has 0 fully saturated rings. The lowest BCUT2D eigenvalue weighted by Gasteiger charge is -2.12. The highest BCUT2D eigenvalue weighted by atomic mass is 16.5. The van der Waals surface area contributed by atoms with Crippen LogP contribution in [0.5, 0.6) is 0 Å². The monoisotopic (exact) mass is 503 g/mol.